The molecule has 0 unspecified atom stereocenters. The normalized spacial score (nSPS) is 10.2. The van der Waals surface area contributed by atoms with E-state index in [2.05, 4.69) is 5.32 Å². The molecule has 17 heavy (non-hydrogen) atoms. The predicted molar refractivity (Wildman–Crippen MR) is 64.5 cm³/mol. The third-order valence-electron chi connectivity index (χ3n) is 2.42. The molecule has 2 rings (SSSR count). The van der Waals surface area contributed by atoms with Crippen LogP contribution in [0.1, 0.15) is 5.56 Å². The molecule has 0 radical (unpaired) electrons. The van der Waals surface area contributed by atoms with Crippen molar-refractivity contribution in [2.45, 2.75) is 6.54 Å². The number of rotatable bonds is 3. The molecule has 0 saturated heterocycles. The summed E-state index contributed by atoms with van der Waals surface area (Å²) >= 11 is 0. The van der Waals surface area contributed by atoms with Crippen LogP contribution in [0.2, 0.25) is 0 Å². The zero-order chi connectivity index (χ0) is 12.3. The van der Waals surface area contributed by atoms with Gasteiger partial charge in [-0.05, 0) is 5.56 Å². The van der Waals surface area contributed by atoms with E-state index in [1.165, 1.54) is 0 Å². The van der Waals surface area contributed by atoms with E-state index < -0.39 is 11.6 Å². The van der Waals surface area contributed by atoms with Crippen molar-refractivity contribution in [1.82, 2.24) is 0 Å². The van der Waals surface area contributed by atoms with E-state index in [1.807, 2.05) is 30.3 Å². The number of nitrogen functional groups attached to an aromatic ring is 1. The minimum absolute atomic E-state index is 0.194. The number of anilines is 2. The van der Waals surface area contributed by atoms with Gasteiger partial charge in [-0.25, -0.2) is 8.78 Å². The average molecular weight is 234 g/mol. The fraction of sp³-hybridized carbons (Fsp3) is 0.0769. The molecule has 2 aromatic carbocycles. The molecule has 0 atom stereocenters. The second-order valence-corrected chi connectivity index (χ2v) is 3.69. The van der Waals surface area contributed by atoms with Gasteiger partial charge in [0.25, 0.3) is 0 Å². The van der Waals surface area contributed by atoms with E-state index in [0.717, 1.165) is 17.7 Å². The summed E-state index contributed by atoms with van der Waals surface area (Å²) in [4.78, 5) is 0. The van der Waals surface area contributed by atoms with Gasteiger partial charge in [-0.3, -0.25) is 0 Å². The van der Waals surface area contributed by atoms with Gasteiger partial charge in [0.15, 0.2) is 11.6 Å². The van der Waals surface area contributed by atoms with Crippen molar-refractivity contribution in [3.63, 3.8) is 0 Å². The Kier molecular flexibility index (Phi) is 3.23. The number of nitrogens with one attached hydrogen (secondary N) is 1. The lowest BCUT2D eigenvalue weighted by atomic mass is 10.2. The zero-order valence-corrected chi connectivity index (χ0v) is 9.08. The molecule has 4 heteroatoms. The summed E-state index contributed by atoms with van der Waals surface area (Å²) < 4.78 is 25.9. The van der Waals surface area contributed by atoms with Crippen LogP contribution in [0.3, 0.4) is 0 Å². The zero-order valence-electron chi connectivity index (χ0n) is 9.08. The van der Waals surface area contributed by atoms with Crippen LogP contribution >= 0.6 is 0 Å². The molecule has 2 aromatic rings. The molecule has 0 aliphatic carbocycles. The minimum atomic E-state index is -0.937. The maximum absolute atomic E-state index is 13.0. The maximum Gasteiger partial charge on any atom is 0.161 e. The SMILES string of the molecule is Nc1cc(F)c(F)cc1NCc1ccccc1. The lowest BCUT2D eigenvalue weighted by molar-refractivity contribution is 0.509. The van der Waals surface area contributed by atoms with E-state index in [1.54, 1.807) is 0 Å². The summed E-state index contributed by atoms with van der Waals surface area (Å²) in [5.41, 5.74) is 7.21. The summed E-state index contributed by atoms with van der Waals surface area (Å²) in [5, 5.41) is 2.97. The first kappa shape index (κ1) is 11.4. The molecule has 0 spiro atoms. The molecule has 0 aromatic heterocycles. The molecule has 0 fully saturated rings. The van der Waals surface area contributed by atoms with Crippen LogP contribution < -0.4 is 11.1 Å². The van der Waals surface area contributed by atoms with Crippen molar-refractivity contribution in [3.05, 3.63) is 59.7 Å². The second kappa shape index (κ2) is 4.82. The Bertz CT molecular complexity index is 512. The van der Waals surface area contributed by atoms with Crippen molar-refractivity contribution in [2.24, 2.45) is 0 Å². The van der Waals surface area contributed by atoms with Crippen LogP contribution in [0.5, 0.6) is 0 Å². The van der Waals surface area contributed by atoms with Gasteiger partial charge in [0.2, 0.25) is 0 Å². The summed E-state index contributed by atoms with van der Waals surface area (Å²) in [5.74, 6) is -1.84. The van der Waals surface area contributed by atoms with Crippen molar-refractivity contribution in [1.29, 1.82) is 0 Å². The highest BCUT2D eigenvalue weighted by Crippen LogP contribution is 2.22. The molecule has 0 saturated carbocycles. The first-order chi connectivity index (χ1) is 8.16. The summed E-state index contributed by atoms with van der Waals surface area (Å²) in [6.07, 6.45) is 0. The standard InChI is InChI=1S/C13H12F2N2/c14-10-6-12(16)13(7-11(10)15)17-8-9-4-2-1-3-5-9/h1-7,17H,8,16H2. The molecule has 3 N–H and O–H groups in total. The maximum atomic E-state index is 13.0. The number of halogens is 2. The van der Waals surface area contributed by atoms with Crippen LogP contribution in [0.15, 0.2) is 42.5 Å². The lowest BCUT2D eigenvalue weighted by Crippen LogP contribution is -2.03. The van der Waals surface area contributed by atoms with Crippen LogP contribution in [-0.2, 0) is 6.54 Å². The van der Waals surface area contributed by atoms with E-state index in [0.29, 0.717) is 12.2 Å². The van der Waals surface area contributed by atoms with Gasteiger partial charge in [-0.2, -0.15) is 0 Å². The van der Waals surface area contributed by atoms with Gasteiger partial charge >= 0.3 is 0 Å². The Balaban J connectivity index is 2.12. The van der Waals surface area contributed by atoms with Crippen LogP contribution in [-0.4, -0.2) is 0 Å². The highest BCUT2D eigenvalue weighted by Gasteiger charge is 2.06. The quantitative estimate of drug-likeness (QED) is 0.800. The molecule has 88 valence electrons. The topological polar surface area (TPSA) is 38.0 Å². The fourth-order valence-electron chi connectivity index (χ4n) is 1.51. The van der Waals surface area contributed by atoms with Crippen LogP contribution in [0, 0.1) is 11.6 Å². The number of benzene rings is 2. The highest BCUT2D eigenvalue weighted by molar-refractivity contribution is 5.66. The molecule has 0 aliphatic rings. The molecular weight excluding hydrogens is 222 g/mol. The minimum Gasteiger partial charge on any atom is -0.397 e. The molecule has 0 aliphatic heterocycles. The monoisotopic (exact) mass is 234 g/mol. The van der Waals surface area contributed by atoms with Gasteiger partial charge in [-0.15, -0.1) is 0 Å². The average Bonchev–Trinajstić information content (AvgIpc) is 2.33. The Morgan fingerprint density at radius 1 is 1.00 bits per heavy atom. The van der Waals surface area contributed by atoms with Crippen molar-refractivity contribution < 1.29 is 8.78 Å². The Morgan fingerprint density at radius 3 is 2.35 bits per heavy atom. The van der Waals surface area contributed by atoms with Gasteiger partial charge in [-0.1, -0.05) is 30.3 Å². The summed E-state index contributed by atoms with van der Waals surface area (Å²) in [7, 11) is 0. The molecule has 0 heterocycles. The van der Waals surface area contributed by atoms with Crippen LogP contribution in [0.25, 0.3) is 0 Å². The largest absolute Gasteiger partial charge is 0.397 e. The predicted octanol–water partition coefficient (Wildman–Crippen LogP) is 3.16. The van der Waals surface area contributed by atoms with Crippen molar-refractivity contribution in [2.75, 3.05) is 11.1 Å². The number of hydrogen-bond donors (Lipinski definition) is 2. The fourth-order valence-corrected chi connectivity index (χ4v) is 1.51. The third-order valence-corrected chi connectivity index (χ3v) is 2.42. The Labute approximate surface area is 98.1 Å². The molecule has 2 nitrogen and oxygen atoms in total. The summed E-state index contributed by atoms with van der Waals surface area (Å²) in [6.45, 7) is 0.510. The van der Waals surface area contributed by atoms with Crippen molar-refractivity contribution >= 4 is 11.4 Å². The van der Waals surface area contributed by atoms with E-state index in [-0.39, 0.29) is 5.69 Å². The van der Waals surface area contributed by atoms with Crippen molar-refractivity contribution in [3.8, 4) is 0 Å². The van der Waals surface area contributed by atoms with Crippen LogP contribution in [0.4, 0.5) is 20.2 Å². The van der Waals surface area contributed by atoms with E-state index >= 15 is 0 Å². The first-order valence-electron chi connectivity index (χ1n) is 5.19. The third kappa shape index (κ3) is 2.72. The lowest BCUT2D eigenvalue weighted by Gasteiger charge is -2.09. The Hall–Kier alpha value is -2.10. The molecular formula is C13H12F2N2. The van der Waals surface area contributed by atoms with E-state index in [4.69, 9.17) is 5.73 Å². The Morgan fingerprint density at radius 2 is 1.65 bits per heavy atom. The molecule has 0 amide bonds. The van der Waals surface area contributed by atoms with Gasteiger partial charge in [0.05, 0.1) is 11.4 Å². The number of nitrogens with two attached hydrogens (primary N) is 1. The second-order valence-electron chi connectivity index (χ2n) is 3.69. The van der Waals surface area contributed by atoms with Gasteiger partial charge in [0, 0.05) is 18.7 Å². The first-order valence-corrected chi connectivity index (χ1v) is 5.19. The number of hydrogen-bond acceptors (Lipinski definition) is 2. The summed E-state index contributed by atoms with van der Waals surface area (Å²) in [6, 6.07) is 11.6. The van der Waals surface area contributed by atoms with Gasteiger partial charge < -0.3 is 11.1 Å². The highest BCUT2D eigenvalue weighted by atomic mass is 19.2. The smallest absolute Gasteiger partial charge is 0.161 e. The van der Waals surface area contributed by atoms with Gasteiger partial charge in [0.1, 0.15) is 0 Å². The molecule has 0 bridgehead atoms. The van der Waals surface area contributed by atoms with E-state index in [9.17, 15) is 8.78 Å².